The van der Waals surface area contributed by atoms with E-state index in [1.807, 2.05) is 28.8 Å². The number of anilines is 1. The molecular formula is C21H16Cl2N4O3S. The van der Waals surface area contributed by atoms with Gasteiger partial charge in [0.05, 0.1) is 35.5 Å². The summed E-state index contributed by atoms with van der Waals surface area (Å²) in [6.07, 6.45) is 1.57. The molecule has 2 aromatic heterocycles. The number of furan rings is 1. The highest BCUT2D eigenvalue weighted by atomic mass is 35.5. The van der Waals surface area contributed by atoms with Gasteiger partial charge in [-0.25, -0.2) is 0 Å². The van der Waals surface area contributed by atoms with E-state index in [0.717, 1.165) is 11.4 Å². The van der Waals surface area contributed by atoms with Gasteiger partial charge in [0, 0.05) is 5.02 Å². The third kappa shape index (κ3) is 4.87. The number of hydrogen-bond donors (Lipinski definition) is 1. The molecule has 1 amide bonds. The van der Waals surface area contributed by atoms with Gasteiger partial charge in [0.15, 0.2) is 10.9 Å². The van der Waals surface area contributed by atoms with E-state index >= 15 is 0 Å². The zero-order valence-corrected chi connectivity index (χ0v) is 18.5. The summed E-state index contributed by atoms with van der Waals surface area (Å²) in [5, 5.41) is 12.7. The summed E-state index contributed by atoms with van der Waals surface area (Å²) in [5.41, 5.74) is 1.30. The average Bonchev–Trinajstić information content (AvgIpc) is 3.44. The molecule has 0 aliphatic rings. The zero-order chi connectivity index (χ0) is 21.8. The number of carbonyl (C=O) groups excluding carboxylic acids is 1. The van der Waals surface area contributed by atoms with Gasteiger partial charge in [0.1, 0.15) is 5.75 Å². The van der Waals surface area contributed by atoms with E-state index in [1.54, 1.807) is 43.7 Å². The van der Waals surface area contributed by atoms with Crippen LogP contribution in [0.1, 0.15) is 0 Å². The van der Waals surface area contributed by atoms with Crippen LogP contribution in [0.15, 0.2) is 70.4 Å². The summed E-state index contributed by atoms with van der Waals surface area (Å²) >= 11 is 13.3. The molecule has 4 aromatic rings. The Balaban J connectivity index is 1.57. The molecule has 0 aliphatic carbocycles. The van der Waals surface area contributed by atoms with Crippen LogP contribution in [0, 0.1) is 0 Å². The van der Waals surface area contributed by atoms with Crippen LogP contribution in [0.5, 0.6) is 5.75 Å². The third-order valence-electron chi connectivity index (χ3n) is 4.24. The molecule has 0 saturated heterocycles. The average molecular weight is 475 g/mol. The van der Waals surface area contributed by atoms with Crippen molar-refractivity contribution >= 4 is 46.6 Å². The maximum absolute atomic E-state index is 12.5. The molecule has 4 rings (SSSR count). The summed E-state index contributed by atoms with van der Waals surface area (Å²) in [7, 11) is 1.61. The smallest absolute Gasteiger partial charge is 0.234 e. The number of nitrogens with zero attached hydrogens (tertiary/aromatic N) is 3. The van der Waals surface area contributed by atoms with Crippen molar-refractivity contribution in [1.82, 2.24) is 14.8 Å². The van der Waals surface area contributed by atoms with Crippen LogP contribution in [0.4, 0.5) is 5.69 Å². The first kappa shape index (κ1) is 21.3. The number of thioether (sulfide) groups is 1. The Morgan fingerprint density at radius 1 is 1.16 bits per heavy atom. The van der Waals surface area contributed by atoms with Crippen LogP contribution in [-0.4, -0.2) is 33.5 Å². The van der Waals surface area contributed by atoms with Gasteiger partial charge in [-0.2, -0.15) is 0 Å². The van der Waals surface area contributed by atoms with Gasteiger partial charge in [-0.05, 0) is 54.6 Å². The van der Waals surface area contributed by atoms with Gasteiger partial charge in [-0.1, -0.05) is 35.0 Å². The number of nitrogens with one attached hydrogen (secondary N) is 1. The zero-order valence-electron chi connectivity index (χ0n) is 16.2. The molecule has 2 aromatic carbocycles. The Hall–Kier alpha value is -2.94. The minimum atomic E-state index is -0.238. The lowest BCUT2D eigenvalue weighted by molar-refractivity contribution is -0.113. The van der Waals surface area contributed by atoms with E-state index in [-0.39, 0.29) is 11.7 Å². The number of amides is 1. The number of aromatic nitrogens is 3. The Labute approximate surface area is 192 Å². The highest BCUT2D eigenvalue weighted by Crippen LogP contribution is 2.30. The van der Waals surface area contributed by atoms with E-state index in [4.69, 9.17) is 32.4 Å². The molecule has 31 heavy (non-hydrogen) atoms. The minimum Gasteiger partial charge on any atom is -0.497 e. The second kappa shape index (κ2) is 9.47. The fourth-order valence-corrected chi connectivity index (χ4v) is 4.01. The van der Waals surface area contributed by atoms with Gasteiger partial charge < -0.3 is 14.5 Å². The normalized spacial score (nSPS) is 10.8. The molecule has 0 atom stereocenters. The van der Waals surface area contributed by atoms with Gasteiger partial charge >= 0.3 is 0 Å². The van der Waals surface area contributed by atoms with Gasteiger partial charge in [-0.3, -0.25) is 9.36 Å². The molecule has 0 fully saturated rings. The van der Waals surface area contributed by atoms with Gasteiger partial charge in [0.25, 0.3) is 0 Å². The molecule has 0 saturated carbocycles. The van der Waals surface area contributed by atoms with Crippen molar-refractivity contribution in [1.29, 1.82) is 0 Å². The summed E-state index contributed by atoms with van der Waals surface area (Å²) in [4.78, 5) is 12.5. The second-order valence-corrected chi connectivity index (χ2v) is 8.06. The Morgan fingerprint density at radius 2 is 1.97 bits per heavy atom. The maximum atomic E-state index is 12.5. The number of hydrogen-bond acceptors (Lipinski definition) is 6. The van der Waals surface area contributed by atoms with Crippen molar-refractivity contribution in [2.75, 3.05) is 18.2 Å². The van der Waals surface area contributed by atoms with Crippen LogP contribution in [0.25, 0.3) is 17.3 Å². The fourth-order valence-electron chi connectivity index (χ4n) is 2.80. The van der Waals surface area contributed by atoms with Crippen LogP contribution >= 0.6 is 35.0 Å². The maximum Gasteiger partial charge on any atom is 0.234 e. The number of ether oxygens (including phenoxy) is 1. The Morgan fingerprint density at radius 3 is 2.65 bits per heavy atom. The molecule has 0 bridgehead atoms. The first-order valence-electron chi connectivity index (χ1n) is 9.06. The van der Waals surface area contributed by atoms with E-state index in [9.17, 15) is 4.79 Å². The number of halogens is 2. The monoisotopic (exact) mass is 474 g/mol. The molecule has 0 spiro atoms. The summed E-state index contributed by atoms with van der Waals surface area (Å²) in [5.74, 6) is 1.68. The van der Waals surface area contributed by atoms with Crippen molar-refractivity contribution < 1.29 is 13.9 Å². The standard InChI is InChI=1S/C21H16Cl2N4O3S/c1-29-15-7-5-14(6-8-15)27-20(18-3-2-10-30-18)25-26-21(27)31-12-19(28)24-17-9-4-13(22)11-16(17)23/h2-11H,12H2,1H3,(H,24,28). The van der Waals surface area contributed by atoms with Crippen molar-refractivity contribution in [3.63, 3.8) is 0 Å². The van der Waals surface area contributed by atoms with Crippen LogP contribution < -0.4 is 10.1 Å². The van der Waals surface area contributed by atoms with E-state index < -0.39 is 0 Å². The Kier molecular flexibility index (Phi) is 6.50. The Bertz CT molecular complexity index is 1190. The lowest BCUT2D eigenvalue weighted by Crippen LogP contribution is -2.15. The first-order valence-corrected chi connectivity index (χ1v) is 10.8. The molecule has 2 heterocycles. The molecule has 1 N–H and O–H groups in total. The van der Waals surface area contributed by atoms with E-state index in [0.29, 0.717) is 32.5 Å². The van der Waals surface area contributed by atoms with Crippen LogP contribution in [0.2, 0.25) is 10.0 Å². The topological polar surface area (TPSA) is 82.2 Å². The van der Waals surface area contributed by atoms with E-state index in [2.05, 4.69) is 15.5 Å². The molecular weight excluding hydrogens is 459 g/mol. The quantitative estimate of drug-likeness (QED) is 0.352. The van der Waals surface area contributed by atoms with Crippen LogP contribution in [-0.2, 0) is 4.79 Å². The number of benzene rings is 2. The van der Waals surface area contributed by atoms with Gasteiger partial charge in [-0.15, -0.1) is 10.2 Å². The largest absolute Gasteiger partial charge is 0.497 e. The molecule has 0 unspecified atom stereocenters. The third-order valence-corrected chi connectivity index (χ3v) is 5.72. The fraction of sp³-hybridized carbons (Fsp3) is 0.0952. The molecule has 7 nitrogen and oxygen atoms in total. The lowest BCUT2D eigenvalue weighted by atomic mass is 10.3. The van der Waals surface area contributed by atoms with Crippen molar-refractivity contribution in [3.8, 4) is 23.0 Å². The summed E-state index contributed by atoms with van der Waals surface area (Å²) in [6, 6.07) is 15.9. The highest BCUT2D eigenvalue weighted by molar-refractivity contribution is 7.99. The van der Waals surface area contributed by atoms with Crippen molar-refractivity contribution in [2.45, 2.75) is 5.16 Å². The summed E-state index contributed by atoms with van der Waals surface area (Å²) < 4.78 is 12.6. The highest BCUT2D eigenvalue weighted by Gasteiger charge is 2.19. The first-order chi connectivity index (χ1) is 15.0. The SMILES string of the molecule is COc1ccc(-n2c(SCC(=O)Nc3ccc(Cl)cc3Cl)nnc2-c2ccco2)cc1. The number of rotatable bonds is 7. The molecule has 10 heteroatoms. The number of methoxy groups -OCH3 is 1. The molecule has 0 aliphatic heterocycles. The van der Waals surface area contributed by atoms with Crippen LogP contribution in [0.3, 0.4) is 0 Å². The van der Waals surface area contributed by atoms with Gasteiger partial charge in [0.2, 0.25) is 11.7 Å². The predicted molar refractivity (Wildman–Crippen MR) is 121 cm³/mol. The predicted octanol–water partition coefficient (Wildman–Crippen LogP) is 5.57. The molecule has 0 radical (unpaired) electrons. The second-order valence-electron chi connectivity index (χ2n) is 6.28. The van der Waals surface area contributed by atoms with Crippen molar-refractivity contribution in [2.24, 2.45) is 0 Å². The van der Waals surface area contributed by atoms with E-state index in [1.165, 1.54) is 11.8 Å². The molecule has 158 valence electrons. The van der Waals surface area contributed by atoms with Crippen molar-refractivity contribution in [3.05, 3.63) is 70.9 Å². The lowest BCUT2D eigenvalue weighted by Gasteiger charge is -2.10. The minimum absolute atomic E-state index is 0.103. The summed E-state index contributed by atoms with van der Waals surface area (Å²) in [6.45, 7) is 0. The number of carbonyl (C=O) groups is 1.